The maximum atomic E-state index is 5.61. The molecule has 0 unspecified atom stereocenters. The van der Waals surface area contributed by atoms with Gasteiger partial charge >= 0.3 is 0 Å². The number of anilines is 1. The van der Waals surface area contributed by atoms with Crippen molar-refractivity contribution in [2.24, 2.45) is 0 Å². The fourth-order valence-corrected chi connectivity index (χ4v) is 2.49. The lowest BCUT2D eigenvalue weighted by atomic mass is 10.1. The van der Waals surface area contributed by atoms with Gasteiger partial charge in [-0.1, -0.05) is 41.1 Å². The summed E-state index contributed by atoms with van der Waals surface area (Å²) in [5, 5.41) is 0.726. The molecule has 2 aromatic rings. The van der Waals surface area contributed by atoms with Crippen LogP contribution in [0.3, 0.4) is 0 Å². The third-order valence-corrected chi connectivity index (χ3v) is 3.24. The Morgan fingerprint density at radius 2 is 1.88 bits per heavy atom. The molecular weight excluding hydrogens is 230 g/mol. The molecule has 0 spiro atoms. The molecule has 1 heterocycles. The van der Waals surface area contributed by atoms with Crippen LogP contribution in [0.4, 0.5) is 5.82 Å². The largest absolute Gasteiger partial charge is 0.384 e. The minimum absolute atomic E-state index is 0.517. The average molecular weight is 245 g/mol. The van der Waals surface area contributed by atoms with E-state index >= 15 is 0 Å². The van der Waals surface area contributed by atoms with Crippen molar-refractivity contribution in [1.82, 2.24) is 9.97 Å². The predicted molar refractivity (Wildman–Crippen MR) is 71.9 cm³/mol. The summed E-state index contributed by atoms with van der Waals surface area (Å²) in [5.74, 6) is 1.38. The van der Waals surface area contributed by atoms with Gasteiger partial charge in [-0.25, -0.2) is 9.97 Å². The molecule has 0 aliphatic rings. The van der Waals surface area contributed by atoms with Crippen molar-refractivity contribution in [3.63, 3.8) is 0 Å². The van der Waals surface area contributed by atoms with Gasteiger partial charge in [0.2, 0.25) is 0 Å². The highest BCUT2D eigenvalue weighted by atomic mass is 32.2. The number of hydrogen-bond donors (Lipinski definition) is 1. The van der Waals surface area contributed by atoms with Crippen LogP contribution in [-0.4, -0.2) is 9.97 Å². The Bertz CT molecular complexity index is 506. The molecule has 0 bridgehead atoms. The molecule has 1 aromatic heterocycles. The van der Waals surface area contributed by atoms with Gasteiger partial charge in [0.05, 0.1) is 0 Å². The summed E-state index contributed by atoms with van der Waals surface area (Å²) in [5.41, 5.74) is 9.47. The number of aryl methyl sites for hydroxylation is 2. The van der Waals surface area contributed by atoms with Gasteiger partial charge in [0, 0.05) is 11.9 Å². The van der Waals surface area contributed by atoms with Gasteiger partial charge < -0.3 is 5.73 Å². The fraction of sp³-hybridized carbons (Fsp3) is 0.231. The van der Waals surface area contributed by atoms with Crippen LogP contribution in [0.5, 0.6) is 0 Å². The molecule has 0 amide bonds. The van der Waals surface area contributed by atoms with Gasteiger partial charge in [-0.15, -0.1) is 0 Å². The van der Waals surface area contributed by atoms with Gasteiger partial charge in [0.1, 0.15) is 5.82 Å². The standard InChI is InChI=1S/C13H15N3S/c1-9-5-10(2)7-11(6-9)8-17-13-15-4-3-12(14)16-13/h3-7H,8H2,1-2H3,(H2,14,15,16). The van der Waals surface area contributed by atoms with E-state index in [9.17, 15) is 0 Å². The summed E-state index contributed by atoms with van der Waals surface area (Å²) in [6, 6.07) is 8.24. The van der Waals surface area contributed by atoms with E-state index in [1.165, 1.54) is 16.7 Å². The fourth-order valence-electron chi connectivity index (χ4n) is 1.72. The summed E-state index contributed by atoms with van der Waals surface area (Å²) < 4.78 is 0. The summed E-state index contributed by atoms with van der Waals surface area (Å²) in [7, 11) is 0. The van der Waals surface area contributed by atoms with Gasteiger partial charge in [0.15, 0.2) is 5.16 Å². The number of rotatable bonds is 3. The molecule has 2 rings (SSSR count). The molecule has 0 atom stereocenters. The average Bonchev–Trinajstić information content (AvgIpc) is 2.25. The van der Waals surface area contributed by atoms with Gasteiger partial charge in [0.25, 0.3) is 0 Å². The lowest BCUT2D eigenvalue weighted by Gasteiger charge is -2.04. The van der Waals surface area contributed by atoms with E-state index in [2.05, 4.69) is 42.0 Å². The van der Waals surface area contributed by atoms with E-state index in [-0.39, 0.29) is 0 Å². The third-order valence-electron chi connectivity index (χ3n) is 2.30. The summed E-state index contributed by atoms with van der Waals surface area (Å²) in [4.78, 5) is 8.33. The first-order valence-corrected chi connectivity index (χ1v) is 6.40. The Labute approximate surface area is 105 Å². The molecule has 3 nitrogen and oxygen atoms in total. The molecule has 4 heteroatoms. The molecule has 1 aromatic carbocycles. The highest BCUT2D eigenvalue weighted by Gasteiger charge is 2.01. The van der Waals surface area contributed by atoms with Crippen LogP contribution in [0.1, 0.15) is 16.7 Å². The first-order chi connectivity index (χ1) is 8.13. The number of aromatic nitrogens is 2. The van der Waals surface area contributed by atoms with Gasteiger partial charge in [-0.3, -0.25) is 0 Å². The zero-order valence-corrected chi connectivity index (χ0v) is 10.8. The van der Waals surface area contributed by atoms with Crippen molar-refractivity contribution >= 4 is 17.6 Å². The Hall–Kier alpha value is -1.55. The maximum Gasteiger partial charge on any atom is 0.189 e. The molecular formula is C13H15N3S. The molecule has 0 saturated heterocycles. The minimum atomic E-state index is 0.517. The highest BCUT2D eigenvalue weighted by Crippen LogP contribution is 2.21. The van der Waals surface area contributed by atoms with E-state index in [0.717, 1.165) is 10.9 Å². The van der Waals surface area contributed by atoms with Gasteiger partial charge in [-0.2, -0.15) is 0 Å². The molecule has 2 N–H and O–H groups in total. The highest BCUT2D eigenvalue weighted by molar-refractivity contribution is 7.98. The maximum absolute atomic E-state index is 5.61. The van der Waals surface area contributed by atoms with Crippen LogP contribution in [0.2, 0.25) is 0 Å². The lowest BCUT2D eigenvalue weighted by molar-refractivity contribution is 0.975. The van der Waals surface area contributed by atoms with Crippen LogP contribution in [0, 0.1) is 13.8 Å². The number of nitrogens with zero attached hydrogens (tertiary/aromatic N) is 2. The number of nitrogen functional groups attached to an aromatic ring is 1. The second-order valence-corrected chi connectivity index (χ2v) is 4.99. The van der Waals surface area contributed by atoms with E-state index in [0.29, 0.717) is 5.82 Å². The Morgan fingerprint density at radius 3 is 2.53 bits per heavy atom. The van der Waals surface area contributed by atoms with Gasteiger partial charge in [-0.05, 0) is 25.5 Å². The second kappa shape index (κ2) is 5.19. The molecule has 0 saturated carbocycles. The first-order valence-electron chi connectivity index (χ1n) is 5.42. The Morgan fingerprint density at radius 1 is 1.18 bits per heavy atom. The van der Waals surface area contributed by atoms with Crippen LogP contribution in [-0.2, 0) is 5.75 Å². The van der Waals surface area contributed by atoms with Crippen molar-refractivity contribution < 1.29 is 0 Å². The third kappa shape index (κ3) is 3.46. The smallest absolute Gasteiger partial charge is 0.189 e. The molecule has 0 fully saturated rings. The van der Waals surface area contributed by atoms with Crippen molar-refractivity contribution in [2.75, 3.05) is 5.73 Å². The van der Waals surface area contributed by atoms with Crippen LogP contribution in [0.15, 0.2) is 35.6 Å². The topological polar surface area (TPSA) is 51.8 Å². The Balaban J connectivity index is 2.07. The van der Waals surface area contributed by atoms with Crippen molar-refractivity contribution in [3.8, 4) is 0 Å². The number of benzene rings is 1. The number of hydrogen-bond acceptors (Lipinski definition) is 4. The Kier molecular flexibility index (Phi) is 3.64. The summed E-state index contributed by atoms with van der Waals surface area (Å²) in [6.45, 7) is 4.22. The quantitative estimate of drug-likeness (QED) is 0.667. The lowest BCUT2D eigenvalue weighted by Crippen LogP contribution is -1.93. The van der Waals surface area contributed by atoms with E-state index in [4.69, 9.17) is 5.73 Å². The molecule has 0 aliphatic carbocycles. The minimum Gasteiger partial charge on any atom is -0.384 e. The van der Waals surface area contributed by atoms with E-state index in [1.54, 1.807) is 24.0 Å². The SMILES string of the molecule is Cc1cc(C)cc(CSc2nccc(N)n2)c1. The van der Waals surface area contributed by atoms with Crippen LogP contribution >= 0.6 is 11.8 Å². The van der Waals surface area contributed by atoms with Crippen molar-refractivity contribution in [2.45, 2.75) is 24.8 Å². The van der Waals surface area contributed by atoms with E-state index < -0.39 is 0 Å². The first kappa shape index (κ1) is 11.9. The predicted octanol–water partition coefficient (Wildman–Crippen LogP) is 2.97. The van der Waals surface area contributed by atoms with E-state index in [1.807, 2.05) is 0 Å². The zero-order chi connectivity index (χ0) is 12.3. The van der Waals surface area contributed by atoms with Crippen LogP contribution in [0.25, 0.3) is 0 Å². The number of nitrogens with two attached hydrogens (primary N) is 1. The molecule has 0 radical (unpaired) electrons. The molecule has 0 aliphatic heterocycles. The molecule has 88 valence electrons. The summed E-state index contributed by atoms with van der Waals surface area (Å²) in [6.07, 6.45) is 1.69. The second-order valence-electron chi connectivity index (χ2n) is 4.05. The zero-order valence-electron chi connectivity index (χ0n) is 9.97. The number of thioether (sulfide) groups is 1. The van der Waals surface area contributed by atoms with Crippen molar-refractivity contribution in [3.05, 3.63) is 47.2 Å². The molecule has 17 heavy (non-hydrogen) atoms. The monoisotopic (exact) mass is 245 g/mol. The summed E-state index contributed by atoms with van der Waals surface area (Å²) >= 11 is 1.60. The van der Waals surface area contributed by atoms with Crippen molar-refractivity contribution in [1.29, 1.82) is 0 Å². The van der Waals surface area contributed by atoms with Crippen LogP contribution < -0.4 is 5.73 Å². The normalized spacial score (nSPS) is 10.5.